The second-order valence-corrected chi connectivity index (χ2v) is 7.15. The highest BCUT2D eigenvalue weighted by Gasteiger charge is 2.34. The minimum absolute atomic E-state index is 0.248. The van der Waals surface area contributed by atoms with Crippen molar-refractivity contribution in [3.05, 3.63) is 40.7 Å². The van der Waals surface area contributed by atoms with E-state index in [2.05, 4.69) is 16.4 Å². The van der Waals surface area contributed by atoms with Crippen LogP contribution < -0.4 is 5.32 Å². The molecule has 0 spiro atoms. The summed E-state index contributed by atoms with van der Waals surface area (Å²) in [5, 5.41) is 13.1. The van der Waals surface area contributed by atoms with Crippen LogP contribution >= 0.6 is 11.3 Å². The molecule has 1 aromatic heterocycles. The van der Waals surface area contributed by atoms with E-state index in [1.165, 1.54) is 23.5 Å². The smallest absolute Gasteiger partial charge is 0.264 e. The van der Waals surface area contributed by atoms with Crippen molar-refractivity contribution >= 4 is 17.2 Å². The molecule has 0 atom stereocenters. The van der Waals surface area contributed by atoms with E-state index in [9.17, 15) is 14.4 Å². The molecule has 0 bridgehead atoms. The van der Waals surface area contributed by atoms with Crippen LogP contribution in [0.3, 0.4) is 0 Å². The number of rotatable bonds is 3. The fourth-order valence-electron chi connectivity index (χ4n) is 3.02. The molecule has 1 N–H and O–H groups in total. The molecule has 124 valence electrons. The first-order valence-electron chi connectivity index (χ1n) is 8.00. The lowest BCUT2D eigenvalue weighted by Gasteiger charge is -2.31. The summed E-state index contributed by atoms with van der Waals surface area (Å²) in [7, 11) is 0. The van der Waals surface area contributed by atoms with Crippen molar-refractivity contribution in [1.29, 1.82) is 5.26 Å². The summed E-state index contributed by atoms with van der Waals surface area (Å²) in [4.78, 5) is 17.6. The first-order valence-corrected chi connectivity index (χ1v) is 8.82. The molecule has 1 saturated carbocycles. The Labute approximate surface area is 144 Å². The van der Waals surface area contributed by atoms with E-state index < -0.39 is 5.54 Å². The van der Waals surface area contributed by atoms with Crippen molar-refractivity contribution in [2.45, 2.75) is 44.6 Å². The van der Waals surface area contributed by atoms with E-state index in [1.54, 1.807) is 19.1 Å². The Hall–Kier alpha value is -2.26. The van der Waals surface area contributed by atoms with Gasteiger partial charge >= 0.3 is 0 Å². The Kier molecular flexibility index (Phi) is 4.63. The molecule has 0 unspecified atom stereocenters. The van der Waals surface area contributed by atoms with Gasteiger partial charge in [-0.05, 0) is 44.0 Å². The van der Waals surface area contributed by atoms with Gasteiger partial charge in [-0.15, -0.1) is 11.3 Å². The molecule has 1 fully saturated rings. The lowest BCUT2D eigenvalue weighted by Crippen LogP contribution is -2.48. The van der Waals surface area contributed by atoms with Crippen LogP contribution in [-0.2, 0) is 0 Å². The third-order valence-electron chi connectivity index (χ3n) is 4.37. The van der Waals surface area contributed by atoms with Gasteiger partial charge in [-0.2, -0.15) is 5.26 Å². The number of aryl methyl sites for hydroxylation is 1. The van der Waals surface area contributed by atoms with Gasteiger partial charge in [-0.3, -0.25) is 4.79 Å². The fraction of sp³-hybridized carbons (Fsp3) is 0.389. The molecular formula is C18H18FN3OS. The third-order valence-corrected chi connectivity index (χ3v) is 5.57. The molecule has 0 saturated heterocycles. The number of nitrogens with one attached hydrogen (secondary N) is 1. The van der Waals surface area contributed by atoms with Gasteiger partial charge in [0, 0.05) is 5.56 Å². The second-order valence-electron chi connectivity index (χ2n) is 6.15. The van der Waals surface area contributed by atoms with Gasteiger partial charge in [0.2, 0.25) is 0 Å². The Balaban J connectivity index is 1.83. The maximum Gasteiger partial charge on any atom is 0.264 e. The number of nitriles is 1. The van der Waals surface area contributed by atoms with Gasteiger partial charge in [0.1, 0.15) is 21.2 Å². The molecule has 6 heteroatoms. The van der Waals surface area contributed by atoms with E-state index >= 15 is 0 Å². The molecule has 4 nitrogen and oxygen atoms in total. The van der Waals surface area contributed by atoms with Crippen LogP contribution in [0.2, 0.25) is 0 Å². The first-order chi connectivity index (χ1) is 11.5. The van der Waals surface area contributed by atoms with Crippen LogP contribution in [0.15, 0.2) is 24.3 Å². The van der Waals surface area contributed by atoms with Crippen LogP contribution in [0.25, 0.3) is 10.6 Å². The van der Waals surface area contributed by atoms with Gasteiger partial charge in [0.25, 0.3) is 5.91 Å². The number of thiazole rings is 1. The van der Waals surface area contributed by atoms with Gasteiger partial charge < -0.3 is 5.32 Å². The van der Waals surface area contributed by atoms with Crippen LogP contribution in [0.1, 0.15) is 47.5 Å². The number of nitrogens with zero attached hydrogens (tertiary/aromatic N) is 2. The molecule has 1 amide bonds. The van der Waals surface area contributed by atoms with Crippen LogP contribution in [-0.4, -0.2) is 16.4 Å². The maximum atomic E-state index is 13.0. The molecule has 1 aliphatic carbocycles. The van der Waals surface area contributed by atoms with E-state index in [-0.39, 0.29) is 11.7 Å². The summed E-state index contributed by atoms with van der Waals surface area (Å²) in [6.45, 7) is 1.78. The zero-order valence-electron chi connectivity index (χ0n) is 13.4. The van der Waals surface area contributed by atoms with Gasteiger partial charge in [0.05, 0.1) is 11.8 Å². The average molecular weight is 343 g/mol. The van der Waals surface area contributed by atoms with Crippen LogP contribution in [0.4, 0.5) is 4.39 Å². The summed E-state index contributed by atoms with van der Waals surface area (Å²) in [6.07, 6.45) is 4.40. The number of hydrogen-bond acceptors (Lipinski definition) is 4. The lowest BCUT2D eigenvalue weighted by atomic mass is 9.83. The van der Waals surface area contributed by atoms with E-state index in [0.29, 0.717) is 28.4 Å². The molecule has 1 aromatic carbocycles. The normalized spacial score (nSPS) is 16.4. The number of hydrogen-bond donors (Lipinski definition) is 1. The highest BCUT2D eigenvalue weighted by atomic mass is 32.1. The molecule has 3 rings (SSSR count). The standard InChI is InChI=1S/C18H18FN3OS/c1-12-15(16(23)22-18(11-20)9-3-2-4-10-18)24-17(21-12)13-5-7-14(19)8-6-13/h5-8H,2-4,9-10H2,1H3,(H,22,23). The number of amides is 1. The van der Waals surface area contributed by atoms with Gasteiger partial charge in [0.15, 0.2) is 0 Å². The Morgan fingerprint density at radius 1 is 1.29 bits per heavy atom. The molecule has 24 heavy (non-hydrogen) atoms. The van der Waals surface area contributed by atoms with Crippen molar-refractivity contribution < 1.29 is 9.18 Å². The molecule has 0 aliphatic heterocycles. The van der Waals surface area contributed by atoms with Crippen molar-refractivity contribution in [2.24, 2.45) is 0 Å². The maximum absolute atomic E-state index is 13.0. The third kappa shape index (κ3) is 3.31. The summed E-state index contributed by atoms with van der Waals surface area (Å²) in [6, 6.07) is 8.33. The Morgan fingerprint density at radius 2 is 1.96 bits per heavy atom. The molecule has 1 heterocycles. The number of benzene rings is 1. The van der Waals surface area contributed by atoms with E-state index in [1.807, 2.05) is 0 Å². The van der Waals surface area contributed by atoms with Crippen molar-refractivity contribution in [3.8, 4) is 16.6 Å². The number of halogens is 1. The SMILES string of the molecule is Cc1nc(-c2ccc(F)cc2)sc1C(=O)NC1(C#N)CCCCC1. The van der Waals surface area contributed by atoms with Crippen molar-refractivity contribution in [1.82, 2.24) is 10.3 Å². The number of carbonyl (C=O) groups is 1. The topological polar surface area (TPSA) is 65.8 Å². The van der Waals surface area contributed by atoms with Crippen LogP contribution in [0.5, 0.6) is 0 Å². The highest BCUT2D eigenvalue weighted by molar-refractivity contribution is 7.17. The zero-order chi connectivity index (χ0) is 17.2. The average Bonchev–Trinajstić information content (AvgIpc) is 2.98. The largest absolute Gasteiger partial charge is 0.333 e. The van der Waals surface area contributed by atoms with Crippen molar-refractivity contribution in [2.75, 3.05) is 0 Å². The summed E-state index contributed by atoms with van der Waals surface area (Å²) >= 11 is 1.27. The monoisotopic (exact) mass is 343 g/mol. The summed E-state index contributed by atoms with van der Waals surface area (Å²) < 4.78 is 13.0. The predicted octanol–water partition coefficient (Wildman–Crippen LogP) is 4.21. The quantitative estimate of drug-likeness (QED) is 0.907. The number of aromatic nitrogens is 1. The highest BCUT2D eigenvalue weighted by Crippen LogP contribution is 2.31. The van der Waals surface area contributed by atoms with Gasteiger partial charge in [-0.1, -0.05) is 19.3 Å². The molecule has 1 aliphatic rings. The van der Waals surface area contributed by atoms with Crippen molar-refractivity contribution in [3.63, 3.8) is 0 Å². The molecule has 0 radical (unpaired) electrons. The fourth-order valence-corrected chi connectivity index (χ4v) is 3.98. The minimum Gasteiger partial charge on any atom is -0.333 e. The first kappa shape index (κ1) is 16.6. The number of carbonyl (C=O) groups excluding carboxylic acids is 1. The minimum atomic E-state index is -0.762. The summed E-state index contributed by atoms with van der Waals surface area (Å²) in [5.41, 5.74) is 0.638. The molecule has 2 aromatic rings. The van der Waals surface area contributed by atoms with E-state index in [0.717, 1.165) is 24.8 Å². The predicted molar refractivity (Wildman–Crippen MR) is 91.1 cm³/mol. The Morgan fingerprint density at radius 3 is 2.58 bits per heavy atom. The molecular weight excluding hydrogens is 325 g/mol. The Bertz CT molecular complexity index is 786. The van der Waals surface area contributed by atoms with Crippen LogP contribution in [0, 0.1) is 24.1 Å². The van der Waals surface area contributed by atoms with Gasteiger partial charge in [-0.25, -0.2) is 9.37 Å². The zero-order valence-corrected chi connectivity index (χ0v) is 14.3. The summed E-state index contributed by atoms with van der Waals surface area (Å²) in [5.74, 6) is -0.555. The second kappa shape index (κ2) is 6.70. The lowest BCUT2D eigenvalue weighted by molar-refractivity contribution is 0.0906. The van der Waals surface area contributed by atoms with E-state index in [4.69, 9.17) is 0 Å².